The van der Waals surface area contributed by atoms with Crippen LogP contribution in [0.25, 0.3) is 0 Å². The van der Waals surface area contributed by atoms with Crippen LogP contribution in [0.5, 0.6) is 0 Å². The van der Waals surface area contributed by atoms with Gasteiger partial charge in [-0.15, -0.1) is 0 Å². The molecule has 5 rings (SSSR count). The van der Waals surface area contributed by atoms with Crippen molar-refractivity contribution in [3.63, 3.8) is 0 Å². The van der Waals surface area contributed by atoms with Crippen LogP contribution in [0.2, 0.25) is 0 Å². The van der Waals surface area contributed by atoms with E-state index in [-0.39, 0.29) is 34.6 Å². The van der Waals surface area contributed by atoms with Gasteiger partial charge in [0.25, 0.3) is 17.2 Å². The van der Waals surface area contributed by atoms with Gasteiger partial charge in [0.1, 0.15) is 5.69 Å². The van der Waals surface area contributed by atoms with E-state index >= 15 is 0 Å². The van der Waals surface area contributed by atoms with Crippen molar-refractivity contribution in [2.75, 3.05) is 18.0 Å². The van der Waals surface area contributed by atoms with E-state index in [0.29, 0.717) is 31.9 Å². The topological polar surface area (TPSA) is 97.5 Å². The van der Waals surface area contributed by atoms with Gasteiger partial charge in [0.2, 0.25) is 0 Å². The van der Waals surface area contributed by atoms with Crippen LogP contribution in [0.4, 0.5) is 11.4 Å². The maximum absolute atomic E-state index is 12.6. The van der Waals surface area contributed by atoms with E-state index in [1.54, 1.807) is 24.3 Å². The molecular weight excluding hydrogens is 420 g/mol. The van der Waals surface area contributed by atoms with Crippen molar-refractivity contribution < 1.29 is 9.72 Å². The molecule has 2 bridgehead atoms. The molecule has 2 unspecified atom stereocenters. The molecular formula is C25H24N4O4. The number of nitro benzene ring substituents is 1. The van der Waals surface area contributed by atoms with Gasteiger partial charge in [0.15, 0.2) is 0 Å². The third-order valence-corrected chi connectivity index (χ3v) is 6.55. The molecule has 1 fully saturated rings. The highest BCUT2D eigenvalue weighted by Crippen LogP contribution is 2.39. The number of anilines is 1. The SMILES string of the molecule is O=C(NCc1ccccc1)c1ccc(N2CC3CC(C2)c2cccc(=O)n2C3)c([N+](=O)[O-])c1. The Labute approximate surface area is 190 Å². The van der Waals surface area contributed by atoms with Crippen LogP contribution in [-0.2, 0) is 13.1 Å². The largest absolute Gasteiger partial charge is 0.365 e. The van der Waals surface area contributed by atoms with Gasteiger partial charge in [0, 0.05) is 55.5 Å². The maximum Gasteiger partial charge on any atom is 0.293 e. The van der Waals surface area contributed by atoms with Crippen LogP contribution in [0.15, 0.2) is 71.5 Å². The van der Waals surface area contributed by atoms with Gasteiger partial charge in [-0.3, -0.25) is 19.7 Å². The second kappa shape index (κ2) is 8.54. The minimum absolute atomic E-state index is 0.00694. The second-order valence-electron chi connectivity index (χ2n) is 8.73. The molecule has 1 N–H and O–H groups in total. The first-order valence-corrected chi connectivity index (χ1v) is 11.0. The predicted molar refractivity (Wildman–Crippen MR) is 124 cm³/mol. The van der Waals surface area contributed by atoms with E-state index in [1.165, 1.54) is 6.07 Å². The van der Waals surface area contributed by atoms with Gasteiger partial charge in [-0.2, -0.15) is 0 Å². The zero-order valence-corrected chi connectivity index (χ0v) is 18.0. The van der Waals surface area contributed by atoms with E-state index in [1.807, 2.05) is 45.9 Å². The lowest BCUT2D eigenvalue weighted by molar-refractivity contribution is -0.384. The maximum atomic E-state index is 12.6. The molecule has 0 spiro atoms. The number of rotatable bonds is 5. The van der Waals surface area contributed by atoms with Gasteiger partial charge in [-0.1, -0.05) is 36.4 Å². The van der Waals surface area contributed by atoms with E-state index in [0.717, 1.165) is 17.7 Å². The molecule has 8 nitrogen and oxygen atoms in total. The molecule has 2 aliphatic rings. The van der Waals surface area contributed by atoms with Gasteiger partial charge in [0.05, 0.1) is 4.92 Å². The van der Waals surface area contributed by atoms with Crippen molar-refractivity contribution in [2.24, 2.45) is 5.92 Å². The lowest BCUT2D eigenvalue weighted by atomic mass is 9.83. The Balaban J connectivity index is 1.38. The number of carbonyl (C=O) groups excluding carboxylic acids is 1. The normalized spacial score (nSPS) is 19.0. The zero-order valence-electron chi connectivity index (χ0n) is 18.0. The number of pyridine rings is 1. The van der Waals surface area contributed by atoms with Crippen molar-refractivity contribution in [3.05, 3.63) is 104 Å². The summed E-state index contributed by atoms with van der Waals surface area (Å²) in [7, 11) is 0. The standard InChI is InChI=1S/C25H24N4O4/c30-24-8-4-7-21-20-11-18(15-28(21)24)14-27(16-20)22-10-9-19(12-23(22)29(32)33)25(31)26-13-17-5-2-1-3-6-17/h1-10,12,18,20H,11,13-16H2,(H,26,31). The van der Waals surface area contributed by atoms with Crippen LogP contribution in [0.1, 0.15) is 34.0 Å². The number of benzene rings is 2. The molecule has 2 atom stereocenters. The van der Waals surface area contributed by atoms with Crippen molar-refractivity contribution in [2.45, 2.75) is 25.4 Å². The van der Waals surface area contributed by atoms with Crippen molar-refractivity contribution in [1.82, 2.24) is 9.88 Å². The number of piperidine rings is 1. The summed E-state index contributed by atoms with van der Waals surface area (Å²) in [6.07, 6.45) is 0.966. The molecule has 3 aromatic rings. The summed E-state index contributed by atoms with van der Waals surface area (Å²) in [4.78, 5) is 38.4. The molecule has 168 valence electrons. The van der Waals surface area contributed by atoms with Crippen molar-refractivity contribution in [1.29, 1.82) is 0 Å². The molecule has 1 amide bonds. The fourth-order valence-electron chi connectivity index (χ4n) is 5.05. The first-order chi connectivity index (χ1) is 16.0. The fourth-order valence-corrected chi connectivity index (χ4v) is 5.05. The van der Waals surface area contributed by atoms with Crippen LogP contribution in [0, 0.1) is 16.0 Å². The molecule has 33 heavy (non-hydrogen) atoms. The molecule has 2 aromatic carbocycles. The van der Waals surface area contributed by atoms with Crippen LogP contribution in [0.3, 0.4) is 0 Å². The number of fused-ring (bicyclic) bond motifs is 4. The molecule has 2 aliphatic heterocycles. The Morgan fingerprint density at radius 2 is 1.85 bits per heavy atom. The second-order valence-corrected chi connectivity index (χ2v) is 8.73. The number of nitrogens with one attached hydrogen (secondary N) is 1. The van der Waals surface area contributed by atoms with Gasteiger partial charge >= 0.3 is 0 Å². The highest BCUT2D eigenvalue weighted by molar-refractivity contribution is 5.95. The van der Waals surface area contributed by atoms with E-state index in [4.69, 9.17) is 0 Å². The third kappa shape index (κ3) is 4.11. The predicted octanol–water partition coefficient (Wildman–Crippen LogP) is 3.31. The summed E-state index contributed by atoms with van der Waals surface area (Å²) in [6, 6.07) is 19.5. The highest BCUT2D eigenvalue weighted by atomic mass is 16.6. The third-order valence-electron chi connectivity index (χ3n) is 6.55. The van der Waals surface area contributed by atoms with Crippen LogP contribution in [-0.4, -0.2) is 28.5 Å². The molecule has 0 saturated carbocycles. The number of amides is 1. The molecule has 0 radical (unpaired) electrons. The van der Waals surface area contributed by atoms with E-state index in [9.17, 15) is 19.7 Å². The molecule has 0 aliphatic carbocycles. The number of carbonyl (C=O) groups is 1. The Hall–Kier alpha value is -3.94. The molecule has 8 heteroatoms. The number of aromatic nitrogens is 1. The number of hydrogen-bond donors (Lipinski definition) is 1. The first-order valence-electron chi connectivity index (χ1n) is 11.0. The molecule has 3 heterocycles. The van der Waals surface area contributed by atoms with Gasteiger partial charge in [-0.25, -0.2) is 0 Å². The lowest BCUT2D eigenvalue weighted by Crippen LogP contribution is -2.47. The summed E-state index contributed by atoms with van der Waals surface area (Å²) in [5, 5.41) is 14.7. The lowest BCUT2D eigenvalue weighted by Gasteiger charge is -2.43. The van der Waals surface area contributed by atoms with Crippen LogP contribution < -0.4 is 15.8 Å². The smallest absolute Gasteiger partial charge is 0.293 e. The van der Waals surface area contributed by atoms with Crippen LogP contribution >= 0.6 is 0 Å². The number of hydrogen-bond acceptors (Lipinski definition) is 5. The summed E-state index contributed by atoms with van der Waals surface area (Å²) < 4.78 is 1.84. The van der Waals surface area contributed by atoms with Gasteiger partial charge < -0.3 is 14.8 Å². The Kier molecular flexibility index (Phi) is 5.42. The molecule has 1 aromatic heterocycles. The average Bonchev–Trinajstić information content (AvgIpc) is 2.83. The Morgan fingerprint density at radius 1 is 1.03 bits per heavy atom. The monoisotopic (exact) mass is 444 g/mol. The van der Waals surface area contributed by atoms with E-state index in [2.05, 4.69) is 5.32 Å². The molecule has 1 saturated heterocycles. The summed E-state index contributed by atoms with van der Waals surface area (Å²) in [5.41, 5.74) is 2.65. The minimum Gasteiger partial charge on any atom is -0.365 e. The first kappa shape index (κ1) is 20.9. The quantitative estimate of drug-likeness (QED) is 0.481. The Morgan fingerprint density at radius 3 is 2.64 bits per heavy atom. The average molecular weight is 444 g/mol. The zero-order chi connectivity index (χ0) is 22.9. The van der Waals surface area contributed by atoms with Crippen molar-refractivity contribution in [3.8, 4) is 0 Å². The summed E-state index contributed by atoms with van der Waals surface area (Å²) in [6.45, 7) is 2.21. The van der Waals surface area contributed by atoms with E-state index < -0.39 is 4.92 Å². The summed E-state index contributed by atoms with van der Waals surface area (Å²) >= 11 is 0. The Bertz CT molecular complexity index is 1270. The highest BCUT2D eigenvalue weighted by Gasteiger charge is 2.36. The van der Waals surface area contributed by atoms with Gasteiger partial charge in [-0.05, 0) is 36.1 Å². The number of nitro groups is 1. The fraction of sp³-hybridized carbons (Fsp3) is 0.280. The van der Waals surface area contributed by atoms with Crippen molar-refractivity contribution >= 4 is 17.3 Å². The summed E-state index contributed by atoms with van der Waals surface area (Å²) in [5.74, 6) is 0.0296. The minimum atomic E-state index is -0.424. The number of nitrogens with zero attached hydrogens (tertiary/aromatic N) is 3.